The molecule has 0 aliphatic rings. The van der Waals surface area contributed by atoms with Crippen molar-refractivity contribution in [2.45, 2.75) is 32.9 Å². The van der Waals surface area contributed by atoms with Crippen molar-refractivity contribution in [3.63, 3.8) is 0 Å². The Morgan fingerprint density at radius 2 is 1.88 bits per heavy atom. The predicted octanol–water partition coefficient (Wildman–Crippen LogP) is 5.76. The summed E-state index contributed by atoms with van der Waals surface area (Å²) in [4.78, 5) is 12.3. The van der Waals surface area contributed by atoms with Gasteiger partial charge < -0.3 is 10.6 Å². The second kappa shape index (κ2) is 7.94. The molecule has 0 spiro atoms. The molecule has 132 valence electrons. The second-order valence-corrected chi connectivity index (χ2v) is 7.37. The van der Waals surface area contributed by atoms with Gasteiger partial charge in [-0.05, 0) is 55.7 Å². The number of carbonyl (C=O) groups excluding carboxylic acids is 1. The summed E-state index contributed by atoms with van der Waals surface area (Å²) in [5.74, 6) is 0. The highest BCUT2D eigenvalue weighted by atomic mass is 35.5. The Balaban J connectivity index is 2.03. The van der Waals surface area contributed by atoms with E-state index in [1.165, 1.54) is 0 Å². The van der Waals surface area contributed by atoms with Gasteiger partial charge in [-0.25, -0.2) is 4.79 Å². The summed E-state index contributed by atoms with van der Waals surface area (Å²) < 4.78 is 0. The van der Waals surface area contributed by atoms with Gasteiger partial charge in [0.05, 0.1) is 5.54 Å². The lowest BCUT2D eigenvalue weighted by atomic mass is 9.92. The van der Waals surface area contributed by atoms with Crippen molar-refractivity contribution in [2.24, 2.45) is 0 Å². The zero-order valence-corrected chi connectivity index (χ0v) is 16.1. The maximum absolute atomic E-state index is 12.3. The molecule has 2 rings (SSSR count). The minimum absolute atomic E-state index is 0.267. The number of hydrogen-bond acceptors (Lipinski definition) is 1. The van der Waals surface area contributed by atoms with Crippen LogP contribution >= 0.6 is 23.2 Å². The van der Waals surface area contributed by atoms with Crippen LogP contribution in [0.5, 0.6) is 0 Å². The van der Waals surface area contributed by atoms with E-state index in [0.717, 1.165) is 22.3 Å². The number of benzene rings is 2. The number of allylic oxidation sites excluding steroid dienone is 1. The van der Waals surface area contributed by atoms with Crippen molar-refractivity contribution < 1.29 is 4.79 Å². The Morgan fingerprint density at radius 1 is 1.16 bits per heavy atom. The smallest absolute Gasteiger partial charge is 0.315 e. The molecule has 0 saturated heterocycles. The van der Waals surface area contributed by atoms with E-state index in [-0.39, 0.29) is 6.03 Å². The van der Waals surface area contributed by atoms with E-state index < -0.39 is 5.54 Å². The maximum Gasteiger partial charge on any atom is 0.315 e. The summed E-state index contributed by atoms with van der Waals surface area (Å²) >= 11 is 12.0. The number of urea groups is 1. The largest absolute Gasteiger partial charge is 0.334 e. The van der Waals surface area contributed by atoms with Gasteiger partial charge in [-0.3, -0.25) is 0 Å². The van der Waals surface area contributed by atoms with Crippen LogP contribution in [0.15, 0.2) is 49.0 Å². The van der Waals surface area contributed by atoms with E-state index in [9.17, 15) is 4.79 Å². The number of halogens is 2. The number of nitrogens with one attached hydrogen (secondary N) is 2. The van der Waals surface area contributed by atoms with Gasteiger partial charge in [0.2, 0.25) is 0 Å². The molecule has 3 nitrogen and oxygen atoms in total. The van der Waals surface area contributed by atoms with Crippen LogP contribution in [0, 0.1) is 0 Å². The molecule has 0 bridgehead atoms. The van der Waals surface area contributed by atoms with Crippen LogP contribution in [0.1, 0.15) is 37.5 Å². The molecular weight excluding hydrogens is 355 g/mol. The zero-order valence-electron chi connectivity index (χ0n) is 14.6. The van der Waals surface area contributed by atoms with Gasteiger partial charge in [0.15, 0.2) is 0 Å². The molecule has 0 fully saturated rings. The Kier molecular flexibility index (Phi) is 6.15. The van der Waals surface area contributed by atoms with Crippen molar-refractivity contribution >= 4 is 34.8 Å². The SMILES string of the molecule is C=C(C)c1cccc(C(C)(C)NC(=O)NCc2ccc(Cl)cc2Cl)c1. The molecule has 0 atom stereocenters. The maximum atomic E-state index is 12.3. The molecule has 0 heterocycles. The molecule has 0 radical (unpaired) electrons. The van der Waals surface area contributed by atoms with Crippen molar-refractivity contribution in [1.82, 2.24) is 10.6 Å². The Bertz CT molecular complexity index is 800. The average Bonchev–Trinajstić information content (AvgIpc) is 2.53. The Hall–Kier alpha value is -1.97. The number of carbonyl (C=O) groups is 1. The van der Waals surface area contributed by atoms with Gasteiger partial charge in [-0.2, -0.15) is 0 Å². The first-order chi connectivity index (χ1) is 11.7. The summed E-state index contributed by atoms with van der Waals surface area (Å²) in [6.45, 7) is 10.2. The quantitative estimate of drug-likeness (QED) is 0.683. The summed E-state index contributed by atoms with van der Waals surface area (Å²) in [6, 6.07) is 12.9. The summed E-state index contributed by atoms with van der Waals surface area (Å²) in [5, 5.41) is 6.91. The highest BCUT2D eigenvalue weighted by Gasteiger charge is 2.23. The van der Waals surface area contributed by atoms with E-state index in [1.54, 1.807) is 18.2 Å². The lowest BCUT2D eigenvalue weighted by Crippen LogP contribution is -2.46. The zero-order chi connectivity index (χ0) is 18.6. The van der Waals surface area contributed by atoms with Gasteiger partial charge in [0, 0.05) is 16.6 Å². The average molecular weight is 377 g/mol. The lowest BCUT2D eigenvalue weighted by molar-refractivity contribution is 0.229. The first-order valence-corrected chi connectivity index (χ1v) is 8.71. The molecule has 0 unspecified atom stereocenters. The van der Waals surface area contributed by atoms with Gasteiger partial charge in [0.1, 0.15) is 0 Å². The summed E-state index contributed by atoms with van der Waals surface area (Å²) in [7, 11) is 0. The minimum Gasteiger partial charge on any atom is -0.334 e. The first kappa shape index (κ1) is 19.4. The standard InChI is InChI=1S/C20H22Cl2N2O/c1-13(2)14-6-5-7-16(10-14)20(3,4)24-19(25)23-12-15-8-9-17(21)11-18(15)22/h5-11H,1,12H2,2-4H3,(H2,23,24,25). The van der Waals surface area contributed by atoms with Gasteiger partial charge in [-0.15, -0.1) is 0 Å². The molecule has 5 heteroatoms. The molecule has 0 aliphatic heterocycles. The van der Waals surface area contributed by atoms with Gasteiger partial charge >= 0.3 is 6.03 Å². The predicted molar refractivity (Wildman–Crippen MR) is 106 cm³/mol. The fraction of sp³-hybridized carbons (Fsp3) is 0.250. The topological polar surface area (TPSA) is 41.1 Å². The highest BCUT2D eigenvalue weighted by Crippen LogP contribution is 2.24. The van der Waals surface area contributed by atoms with E-state index in [4.69, 9.17) is 23.2 Å². The monoisotopic (exact) mass is 376 g/mol. The number of hydrogen-bond donors (Lipinski definition) is 2. The van der Waals surface area contributed by atoms with Crippen LogP contribution in [0.2, 0.25) is 10.0 Å². The normalized spacial score (nSPS) is 11.1. The Labute approximate surface area is 159 Å². The fourth-order valence-corrected chi connectivity index (χ4v) is 2.89. The van der Waals surface area contributed by atoms with Crippen LogP contribution < -0.4 is 10.6 Å². The van der Waals surface area contributed by atoms with E-state index in [2.05, 4.69) is 17.2 Å². The third kappa shape index (κ3) is 5.25. The minimum atomic E-state index is -0.528. The summed E-state index contributed by atoms with van der Waals surface area (Å²) in [5.41, 5.74) is 3.33. The Morgan fingerprint density at radius 3 is 2.52 bits per heavy atom. The third-order valence-corrected chi connectivity index (χ3v) is 4.54. The molecule has 2 aromatic carbocycles. The molecule has 0 aliphatic carbocycles. The molecule has 0 aromatic heterocycles. The van der Waals surface area contributed by atoms with E-state index in [0.29, 0.717) is 16.6 Å². The molecule has 2 amide bonds. The van der Waals surface area contributed by atoms with Crippen molar-refractivity contribution in [1.29, 1.82) is 0 Å². The van der Waals surface area contributed by atoms with Gasteiger partial charge in [0.25, 0.3) is 0 Å². The van der Waals surface area contributed by atoms with Crippen LogP contribution in [0.25, 0.3) is 5.57 Å². The molecule has 25 heavy (non-hydrogen) atoms. The van der Waals surface area contributed by atoms with Crippen LogP contribution in [0.3, 0.4) is 0 Å². The number of amides is 2. The molecule has 2 aromatic rings. The summed E-state index contributed by atoms with van der Waals surface area (Å²) in [6.07, 6.45) is 0. The highest BCUT2D eigenvalue weighted by molar-refractivity contribution is 6.35. The molecular formula is C20H22Cl2N2O. The second-order valence-electron chi connectivity index (χ2n) is 6.53. The third-order valence-electron chi connectivity index (χ3n) is 3.96. The number of rotatable bonds is 5. The van der Waals surface area contributed by atoms with Crippen molar-refractivity contribution in [2.75, 3.05) is 0 Å². The van der Waals surface area contributed by atoms with E-state index in [1.807, 2.05) is 45.0 Å². The van der Waals surface area contributed by atoms with Crippen molar-refractivity contribution in [3.8, 4) is 0 Å². The fourth-order valence-electron chi connectivity index (χ4n) is 2.41. The van der Waals surface area contributed by atoms with Crippen LogP contribution in [-0.2, 0) is 12.1 Å². The lowest BCUT2D eigenvalue weighted by Gasteiger charge is -2.27. The van der Waals surface area contributed by atoms with E-state index >= 15 is 0 Å². The molecule has 2 N–H and O–H groups in total. The van der Waals surface area contributed by atoms with Crippen molar-refractivity contribution in [3.05, 3.63) is 75.8 Å². The van der Waals surface area contributed by atoms with Gasteiger partial charge in [-0.1, -0.05) is 59.6 Å². The van der Waals surface area contributed by atoms with Crippen LogP contribution in [0.4, 0.5) is 4.79 Å². The molecule has 0 saturated carbocycles. The first-order valence-electron chi connectivity index (χ1n) is 7.95. The van der Waals surface area contributed by atoms with Crippen LogP contribution in [-0.4, -0.2) is 6.03 Å².